The van der Waals surface area contributed by atoms with E-state index >= 15 is 0 Å². The van der Waals surface area contributed by atoms with Crippen molar-refractivity contribution in [3.8, 4) is 11.5 Å². The standard InChI is InChI=1S/C18H16N2O3/c19-17(21)11-5-13-1-7-15(8-2-13)23-16-9-3-14(4-10-16)6-12-18(20)22/h1-12H,(H2,19,21)(H2,20,22)/b11-5-,12-6-. The quantitative estimate of drug-likeness (QED) is 0.802. The molecule has 0 bridgehead atoms. The Balaban J connectivity index is 2.01. The minimum atomic E-state index is -0.490. The summed E-state index contributed by atoms with van der Waals surface area (Å²) in [4.78, 5) is 21.3. The second-order valence-electron chi connectivity index (χ2n) is 4.71. The Labute approximate surface area is 133 Å². The van der Waals surface area contributed by atoms with Crippen molar-refractivity contribution >= 4 is 24.0 Å². The van der Waals surface area contributed by atoms with Gasteiger partial charge in [0.1, 0.15) is 11.5 Å². The van der Waals surface area contributed by atoms with Gasteiger partial charge in [0.05, 0.1) is 0 Å². The predicted octanol–water partition coefficient (Wildman–Crippen LogP) is 2.48. The van der Waals surface area contributed by atoms with Crippen LogP contribution in [-0.2, 0) is 9.59 Å². The Kier molecular flexibility index (Phi) is 5.30. The molecule has 23 heavy (non-hydrogen) atoms. The summed E-state index contributed by atoms with van der Waals surface area (Å²) in [5.41, 5.74) is 11.8. The number of hydrogen-bond donors (Lipinski definition) is 2. The number of carbonyl (C=O) groups is 2. The van der Waals surface area contributed by atoms with Gasteiger partial charge >= 0.3 is 0 Å². The summed E-state index contributed by atoms with van der Waals surface area (Å²) >= 11 is 0. The Morgan fingerprint density at radius 2 is 1.04 bits per heavy atom. The van der Waals surface area contributed by atoms with Crippen LogP contribution in [0.3, 0.4) is 0 Å². The number of primary amides is 2. The summed E-state index contributed by atoms with van der Waals surface area (Å²) in [5.74, 6) is 0.356. The fraction of sp³-hybridized carbons (Fsp3) is 0. The van der Waals surface area contributed by atoms with Gasteiger partial charge in [0.2, 0.25) is 11.8 Å². The monoisotopic (exact) mass is 308 g/mol. The summed E-state index contributed by atoms with van der Waals surface area (Å²) in [6.45, 7) is 0. The number of nitrogens with two attached hydrogens (primary N) is 2. The zero-order valence-electron chi connectivity index (χ0n) is 12.3. The maximum absolute atomic E-state index is 10.7. The Bertz CT molecular complexity index is 679. The first-order valence-electron chi connectivity index (χ1n) is 6.86. The molecule has 0 fully saturated rings. The highest BCUT2D eigenvalue weighted by Crippen LogP contribution is 2.22. The van der Waals surface area contributed by atoms with Gasteiger partial charge in [-0.2, -0.15) is 0 Å². The Hall–Kier alpha value is -3.34. The average molecular weight is 308 g/mol. The maximum atomic E-state index is 10.7. The van der Waals surface area contributed by atoms with E-state index in [0.29, 0.717) is 11.5 Å². The third kappa shape index (κ3) is 5.51. The largest absolute Gasteiger partial charge is 0.457 e. The van der Waals surface area contributed by atoms with E-state index in [0.717, 1.165) is 11.1 Å². The Morgan fingerprint density at radius 3 is 1.35 bits per heavy atom. The van der Waals surface area contributed by atoms with Crippen LogP contribution >= 0.6 is 0 Å². The van der Waals surface area contributed by atoms with Crippen LogP contribution in [0.5, 0.6) is 11.5 Å². The zero-order chi connectivity index (χ0) is 16.7. The van der Waals surface area contributed by atoms with Crippen molar-refractivity contribution in [2.45, 2.75) is 0 Å². The maximum Gasteiger partial charge on any atom is 0.241 e. The highest BCUT2D eigenvalue weighted by molar-refractivity contribution is 5.90. The van der Waals surface area contributed by atoms with Crippen molar-refractivity contribution in [3.63, 3.8) is 0 Å². The fourth-order valence-electron chi connectivity index (χ4n) is 1.79. The summed E-state index contributed by atoms with van der Waals surface area (Å²) in [6.07, 6.45) is 5.86. The number of amides is 2. The first-order valence-corrected chi connectivity index (χ1v) is 6.86. The molecule has 2 amide bonds. The van der Waals surface area contributed by atoms with Crippen molar-refractivity contribution in [2.24, 2.45) is 11.5 Å². The number of benzene rings is 2. The second kappa shape index (κ2) is 7.61. The van der Waals surface area contributed by atoms with Gasteiger partial charge in [0.15, 0.2) is 0 Å². The lowest BCUT2D eigenvalue weighted by molar-refractivity contribution is -0.114. The van der Waals surface area contributed by atoms with Crippen LogP contribution in [0.25, 0.3) is 12.2 Å². The molecule has 5 heteroatoms. The van der Waals surface area contributed by atoms with Crippen LogP contribution in [0, 0.1) is 0 Å². The van der Waals surface area contributed by atoms with Crippen LogP contribution in [-0.4, -0.2) is 11.8 Å². The minimum absolute atomic E-state index is 0.490. The number of rotatable bonds is 6. The molecule has 0 unspecified atom stereocenters. The molecule has 0 radical (unpaired) electrons. The van der Waals surface area contributed by atoms with E-state index in [1.165, 1.54) is 12.2 Å². The molecular formula is C18H16N2O3. The lowest BCUT2D eigenvalue weighted by atomic mass is 10.2. The van der Waals surface area contributed by atoms with E-state index in [2.05, 4.69) is 0 Å². The zero-order valence-corrected chi connectivity index (χ0v) is 12.3. The van der Waals surface area contributed by atoms with Gasteiger partial charge < -0.3 is 16.2 Å². The molecule has 0 spiro atoms. The van der Waals surface area contributed by atoms with Crippen molar-refractivity contribution in [2.75, 3.05) is 0 Å². The number of ether oxygens (including phenoxy) is 1. The molecule has 0 aliphatic heterocycles. The molecule has 5 nitrogen and oxygen atoms in total. The topological polar surface area (TPSA) is 95.4 Å². The molecule has 2 aromatic carbocycles. The van der Waals surface area contributed by atoms with Crippen molar-refractivity contribution in [1.82, 2.24) is 0 Å². The molecule has 116 valence electrons. The predicted molar refractivity (Wildman–Crippen MR) is 89.4 cm³/mol. The highest BCUT2D eigenvalue weighted by Gasteiger charge is 1.98. The number of hydrogen-bond acceptors (Lipinski definition) is 3. The molecule has 2 aromatic rings. The third-order valence-corrected chi connectivity index (χ3v) is 2.88. The lowest BCUT2D eigenvalue weighted by Gasteiger charge is -2.06. The summed E-state index contributed by atoms with van der Waals surface area (Å²) in [7, 11) is 0. The summed E-state index contributed by atoms with van der Waals surface area (Å²) in [5, 5.41) is 0. The molecule has 0 saturated carbocycles. The number of carbonyl (C=O) groups excluding carboxylic acids is 2. The van der Waals surface area contributed by atoms with Gasteiger partial charge in [0.25, 0.3) is 0 Å². The molecule has 0 heterocycles. The van der Waals surface area contributed by atoms with Gasteiger partial charge in [-0.25, -0.2) is 0 Å². The summed E-state index contributed by atoms with van der Waals surface area (Å²) < 4.78 is 5.71. The van der Waals surface area contributed by atoms with Gasteiger partial charge in [-0.1, -0.05) is 24.3 Å². The molecule has 0 aromatic heterocycles. The van der Waals surface area contributed by atoms with Crippen LogP contribution in [0.2, 0.25) is 0 Å². The summed E-state index contributed by atoms with van der Waals surface area (Å²) in [6, 6.07) is 14.4. The normalized spacial score (nSPS) is 11.0. The van der Waals surface area contributed by atoms with E-state index in [1.807, 2.05) is 24.3 Å². The van der Waals surface area contributed by atoms with E-state index in [4.69, 9.17) is 16.2 Å². The second-order valence-corrected chi connectivity index (χ2v) is 4.71. The molecule has 4 N–H and O–H groups in total. The molecule has 0 aliphatic carbocycles. The molecule has 0 aliphatic rings. The third-order valence-electron chi connectivity index (χ3n) is 2.88. The molecular weight excluding hydrogens is 292 g/mol. The SMILES string of the molecule is NC(=O)/C=C\c1ccc(Oc2ccc(/C=C\C(N)=O)cc2)cc1. The minimum Gasteiger partial charge on any atom is -0.457 e. The van der Waals surface area contributed by atoms with Gasteiger partial charge in [-0.05, 0) is 47.5 Å². The van der Waals surface area contributed by atoms with Crippen LogP contribution in [0.15, 0.2) is 60.7 Å². The van der Waals surface area contributed by atoms with Crippen LogP contribution in [0.1, 0.15) is 11.1 Å². The first kappa shape index (κ1) is 16.0. The molecule has 0 atom stereocenters. The highest BCUT2D eigenvalue weighted by atomic mass is 16.5. The van der Waals surface area contributed by atoms with E-state index in [1.54, 1.807) is 36.4 Å². The van der Waals surface area contributed by atoms with Crippen LogP contribution < -0.4 is 16.2 Å². The van der Waals surface area contributed by atoms with Crippen molar-refractivity contribution in [3.05, 3.63) is 71.8 Å². The van der Waals surface area contributed by atoms with Crippen molar-refractivity contribution < 1.29 is 14.3 Å². The fourth-order valence-corrected chi connectivity index (χ4v) is 1.79. The van der Waals surface area contributed by atoms with Gasteiger partial charge in [-0.3, -0.25) is 9.59 Å². The van der Waals surface area contributed by atoms with Gasteiger partial charge in [-0.15, -0.1) is 0 Å². The molecule has 2 rings (SSSR count). The first-order chi connectivity index (χ1) is 11.0. The van der Waals surface area contributed by atoms with Gasteiger partial charge in [0, 0.05) is 12.2 Å². The van der Waals surface area contributed by atoms with Crippen LogP contribution in [0.4, 0.5) is 0 Å². The van der Waals surface area contributed by atoms with E-state index in [9.17, 15) is 9.59 Å². The average Bonchev–Trinajstić information content (AvgIpc) is 2.53. The Morgan fingerprint density at radius 1 is 0.696 bits per heavy atom. The van der Waals surface area contributed by atoms with E-state index in [-0.39, 0.29) is 0 Å². The lowest BCUT2D eigenvalue weighted by Crippen LogP contribution is -2.05. The van der Waals surface area contributed by atoms with E-state index < -0.39 is 11.8 Å². The molecule has 0 saturated heterocycles. The smallest absolute Gasteiger partial charge is 0.241 e. The van der Waals surface area contributed by atoms with Crippen molar-refractivity contribution in [1.29, 1.82) is 0 Å².